The van der Waals surface area contributed by atoms with E-state index < -0.39 is 20.0 Å². The normalized spacial score (nSPS) is 14.0. The van der Waals surface area contributed by atoms with Crippen LogP contribution in [-0.2, 0) is 18.4 Å². The molecule has 0 heterocycles. The van der Waals surface area contributed by atoms with E-state index in [-0.39, 0.29) is 19.1 Å². The van der Waals surface area contributed by atoms with Crippen LogP contribution in [0.15, 0.2) is 12.2 Å². The van der Waals surface area contributed by atoms with Gasteiger partial charge in [0.15, 0.2) is 0 Å². The Bertz CT molecular complexity index is 1070. The van der Waals surface area contributed by atoms with Gasteiger partial charge in [-0.05, 0) is 38.5 Å². The molecular formula is C56H113N2O6P. The van der Waals surface area contributed by atoms with Crippen LogP contribution < -0.4 is 10.2 Å². The van der Waals surface area contributed by atoms with Crippen LogP contribution in [0.3, 0.4) is 0 Å². The molecule has 388 valence electrons. The third kappa shape index (κ3) is 50.9. The van der Waals surface area contributed by atoms with Crippen LogP contribution in [0.4, 0.5) is 0 Å². The molecule has 8 nitrogen and oxygen atoms in total. The Hall–Kier alpha value is -0.760. The minimum atomic E-state index is -4.57. The molecule has 0 bridgehead atoms. The predicted octanol–water partition coefficient (Wildman–Crippen LogP) is 16.4. The lowest BCUT2D eigenvalue weighted by molar-refractivity contribution is -0.870. The van der Waals surface area contributed by atoms with Crippen molar-refractivity contribution in [2.75, 3.05) is 40.9 Å². The highest BCUT2D eigenvalue weighted by Gasteiger charge is 2.24. The van der Waals surface area contributed by atoms with Crippen LogP contribution in [-0.4, -0.2) is 68.5 Å². The summed E-state index contributed by atoms with van der Waals surface area (Å²) in [6, 6.07) is -0.797. The maximum absolute atomic E-state index is 13.0. The molecule has 0 aromatic heterocycles. The summed E-state index contributed by atoms with van der Waals surface area (Å²) in [5.41, 5.74) is 0. The number of hydrogen-bond acceptors (Lipinski definition) is 6. The van der Waals surface area contributed by atoms with E-state index in [2.05, 4.69) is 31.3 Å². The van der Waals surface area contributed by atoms with Gasteiger partial charge in [-0.15, -0.1) is 0 Å². The summed E-state index contributed by atoms with van der Waals surface area (Å²) in [6.07, 6.45) is 58.1. The number of carbonyl (C=O) groups is 1. The number of amides is 1. The maximum atomic E-state index is 13.0. The van der Waals surface area contributed by atoms with Crippen molar-refractivity contribution in [2.24, 2.45) is 0 Å². The van der Waals surface area contributed by atoms with Gasteiger partial charge >= 0.3 is 0 Å². The van der Waals surface area contributed by atoms with Gasteiger partial charge in [0.1, 0.15) is 13.2 Å². The summed E-state index contributed by atoms with van der Waals surface area (Å²) in [6.45, 7) is 4.76. The first kappa shape index (κ1) is 64.2. The quantitative estimate of drug-likeness (QED) is 0.0272. The SMILES string of the molecule is CCCCCCCCCCCCCC/C=C\CCCCCCCCCCCCCCC(=O)NC(COP(=O)([O-])OCC[N+](C)(C)C)C(O)CCCCCCCCCCCCCCCCC. The smallest absolute Gasteiger partial charge is 0.268 e. The molecule has 0 aliphatic rings. The van der Waals surface area contributed by atoms with Gasteiger partial charge in [-0.25, -0.2) is 0 Å². The van der Waals surface area contributed by atoms with Gasteiger partial charge in [0.2, 0.25) is 5.91 Å². The molecule has 65 heavy (non-hydrogen) atoms. The molecule has 1 amide bonds. The lowest BCUT2D eigenvalue weighted by Gasteiger charge is -2.30. The van der Waals surface area contributed by atoms with Crippen LogP contribution in [0.2, 0.25) is 0 Å². The summed E-state index contributed by atoms with van der Waals surface area (Å²) >= 11 is 0. The summed E-state index contributed by atoms with van der Waals surface area (Å²) in [4.78, 5) is 25.5. The number of rotatable bonds is 53. The van der Waals surface area contributed by atoms with E-state index >= 15 is 0 Å². The zero-order chi connectivity index (χ0) is 47.8. The van der Waals surface area contributed by atoms with E-state index in [9.17, 15) is 19.4 Å². The Morgan fingerprint density at radius 3 is 1.20 bits per heavy atom. The number of quaternary nitrogens is 1. The van der Waals surface area contributed by atoms with Crippen molar-refractivity contribution >= 4 is 13.7 Å². The number of phosphoric acid groups is 1. The highest BCUT2D eigenvalue weighted by Crippen LogP contribution is 2.38. The maximum Gasteiger partial charge on any atom is 0.268 e. The van der Waals surface area contributed by atoms with E-state index in [1.54, 1.807) is 0 Å². The highest BCUT2D eigenvalue weighted by molar-refractivity contribution is 7.45. The molecule has 0 saturated heterocycles. The number of nitrogens with zero attached hydrogens (tertiary/aromatic N) is 1. The molecule has 3 unspecified atom stereocenters. The number of unbranched alkanes of at least 4 members (excludes halogenated alkanes) is 38. The number of aliphatic hydroxyl groups is 1. The van der Waals surface area contributed by atoms with Crippen LogP contribution in [0, 0.1) is 0 Å². The largest absolute Gasteiger partial charge is 0.756 e. The van der Waals surface area contributed by atoms with E-state index in [1.807, 2.05) is 21.1 Å². The molecule has 3 atom stereocenters. The molecule has 0 fully saturated rings. The molecule has 2 N–H and O–H groups in total. The Labute approximate surface area is 405 Å². The zero-order valence-corrected chi connectivity index (χ0v) is 45.1. The number of phosphoric ester groups is 1. The Kier molecular flexibility index (Phi) is 47.7. The number of aliphatic hydroxyl groups excluding tert-OH is 1. The summed E-state index contributed by atoms with van der Waals surface area (Å²) in [7, 11) is 1.32. The molecule has 0 radical (unpaired) electrons. The highest BCUT2D eigenvalue weighted by atomic mass is 31.2. The van der Waals surface area contributed by atoms with Crippen LogP contribution in [0.25, 0.3) is 0 Å². The molecular weight excluding hydrogens is 828 g/mol. The van der Waals surface area contributed by atoms with Gasteiger partial charge in [0.25, 0.3) is 7.82 Å². The lowest BCUT2D eigenvalue weighted by Crippen LogP contribution is -2.46. The monoisotopic (exact) mass is 941 g/mol. The van der Waals surface area contributed by atoms with Gasteiger partial charge in [0.05, 0.1) is 39.9 Å². The standard InChI is InChI=1S/C56H113N2O6P/c1-6-8-10-12-14-16-18-20-22-23-24-25-26-27-28-29-30-31-32-33-34-36-38-40-42-44-46-48-50-56(60)57-54(53-64-65(61,62)63-52-51-58(3,4)5)55(59)49-47-45-43-41-39-37-35-21-19-17-15-13-11-9-7-2/h27-28,54-55,59H,6-26,29-53H2,1-5H3,(H-,57,60,61,62)/b28-27-. The van der Waals surface area contributed by atoms with Crippen LogP contribution >= 0.6 is 7.82 Å². The van der Waals surface area contributed by atoms with Gasteiger partial charge in [0, 0.05) is 6.42 Å². The van der Waals surface area contributed by atoms with Crippen molar-refractivity contribution < 1.29 is 32.9 Å². The first-order chi connectivity index (χ1) is 31.5. The van der Waals surface area contributed by atoms with Crippen LogP contribution in [0.1, 0.15) is 290 Å². The van der Waals surface area contributed by atoms with Gasteiger partial charge in [-0.2, -0.15) is 0 Å². The topological polar surface area (TPSA) is 108 Å². The van der Waals surface area contributed by atoms with Crippen molar-refractivity contribution in [3.05, 3.63) is 12.2 Å². The second-order valence-corrected chi connectivity index (χ2v) is 22.4. The molecule has 0 aromatic carbocycles. The summed E-state index contributed by atoms with van der Waals surface area (Å²) < 4.78 is 23.4. The van der Waals surface area contributed by atoms with Crippen molar-refractivity contribution in [3.63, 3.8) is 0 Å². The lowest BCUT2D eigenvalue weighted by atomic mass is 10.0. The minimum Gasteiger partial charge on any atom is -0.756 e. The minimum absolute atomic E-state index is 0.0147. The fraction of sp³-hybridized carbons (Fsp3) is 0.946. The molecule has 0 rings (SSSR count). The number of carbonyl (C=O) groups excluding carboxylic acids is 1. The summed E-state index contributed by atoms with van der Waals surface area (Å²) in [5, 5.41) is 14.0. The average molecular weight is 942 g/mol. The van der Waals surface area contributed by atoms with Crippen molar-refractivity contribution in [3.8, 4) is 0 Å². The predicted molar refractivity (Wildman–Crippen MR) is 279 cm³/mol. The molecule has 0 aliphatic heterocycles. The Morgan fingerprint density at radius 1 is 0.523 bits per heavy atom. The third-order valence-electron chi connectivity index (χ3n) is 13.3. The first-order valence-electron chi connectivity index (χ1n) is 28.5. The fourth-order valence-corrected chi connectivity index (χ4v) is 9.47. The van der Waals surface area contributed by atoms with Gasteiger partial charge < -0.3 is 28.8 Å². The van der Waals surface area contributed by atoms with E-state index in [4.69, 9.17) is 9.05 Å². The Balaban J connectivity index is 4.07. The van der Waals surface area contributed by atoms with Gasteiger partial charge in [-0.1, -0.05) is 257 Å². The number of likely N-dealkylation sites (N-methyl/N-ethyl adjacent to an activating group) is 1. The first-order valence-corrected chi connectivity index (χ1v) is 30.0. The molecule has 0 saturated carbocycles. The molecule has 0 aliphatic carbocycles. The van der Waals surface area contributed by atoms with E-state index in [1.165, 1.54) is 225 Å². The second kappa shape index (κ2) is 48.3. The zero-order valence-electron chi connectivity index (χ0n) is 44.2. The van der Waals surface area contributed by atoms with Gasteiger partial charge in [-0.3, -0.25) is 9.36 Å². The van der Waals surface area contributed by atoms with E-state index in [0.717, 1.165) is 38.5 Å². The Morgan fingerprint density at radius 2 is 0.846 bits per heavy atom. The van der Waals surface area contributed by atoms with Crippen molar-refractivity contribution in [2.45, 2.75) is 302 Å². The number of nitrogens with one attached hydrogen (secondary N) is 1. The van der Waals surface area contributed by atoms with E-state index in [0.29, 0.717) is 23.9 Å². The fourth-order valence-electron chi connectivity index (χ4n) is 8.74. The second-order valence-electron chi connectivity index (χ2n) is 21.0. The number of hydrogen-bond donors (Lipinski definition) is 2. The molecule has 9 heteroatoms. The van der Waals surface area contributed by atoms with Crippen molar-refractivity contribution in [1.29, 1.82) is 0 Å². The number of allylic oxidation sites excluding steroid dienone is 2. The van der Waals surface area contributed by atoms with Crippen molar-refractivity contribution in [1.82, 2.24) is 5.32 Å². The van der Waals surface area contributed by atoms with Crippen LogP contribution in [0.5, 0.6) is 0 Å². The third-order valence-corrected chi connectivity index (χ3v) is 14.2. The molecule has 0 spiro atoms. The average Bonchev–Trinajstić information content (AvgIpc) is 3.26. The molecule has 0 aromatic rings. The summed E-state index contributed by atoms with van der Waals surface area (Å²) in [5.74, 6) is -0.161.